The zero-order chi connectivity index (χ0) is 26.9. The maximum absolute atomic E-state index is 14.4. The number of amides is 1. The van der Waals surface area contributed by atoms with Gasteiger partial charge in [0, 0.05) is 42.4 Å². The number of aromatic nitrogens is 4. The Morgan fingerprint density at radius 1 is 1.05 bits per heavy atom. The summed E-state index contributed by atoms with van der Waals surface area (Å²) in [4.78, 5) is 11.9. The zero-order valence-electron chi connectivity index (χ0n) is 20.0. The van der Waals surface area contributed by atoms with Crippen LogP contribution in [0.15, 0.2) is 36.7 Å². The highest BCUT2D eigenvalue weighted by molar-refractivity contribution is 6.02. The van der Waals surface area contributed by atoms with Gasteiger partial charge in [-0.1, -0.05) is 0 Å². The maximum Gasteiger partial charge on any atom is 0.387 e. The average Bonchev–Trinajstić information content (AvgIpc) is 3.44. The van der Waals surface area contributed by atoms with Crippen LogP contribution < -0.4 is 15.2 Å². The van der Waals surface area contributed by atoms with Crippen molar-refractivity contribution in [3.63, 3.8) is 0 Å². The van der Waals surface area contributed by atoms with Gasteiger partial charge in [-0.3, -0.25) is 14.2 Å². The van der Waals surface area contributed by atoms with Gasteiger partial charge >= 0.3 is 6.61 Å². The van der Waals surface area contributed by atoms with E-state index >= 15 is 0 Å². The van der Waals surface area contributed by atoms with Crippen molar-refractivity contribution in [1.29, 1.82) is 0 Å². The first-order valence-corrected chi connectivity index (χ1v) is 10.9. The predicted molar refractivity (Wildman–Crippen MR) is 126 cm³/mol. The minimum absolute atomic E-state index is 0.102. The number of benzene rings is 2. The highest BCUT2D eigenvalue weighted by Crippen LogP contribution is 2.42. The molecule has 2 aromatic carbocycles. The second-order valence-corrected chi connectivity index (χ2v) is 8.01. The van der Waals surface area contributed by atoms with Crippen molar-refractivity contribution in [1.82, 2.24) is 19.6 Å². The molecule has 0 aliphatic rings. The van der Waals surface area contributed by atoms with E-state index in [9.17, 15) is 22.4 Å². The molecule has 13 heteroatoms. The summed E-state index contributed by atoms with van der Waals surface area (Å²) >= 11 is 0. The quantitative estimate of drug-likeness (QED) is 0.310. The molecule has 1 amide bonds. The van der Waals surface area contributed by atoms with E-state index in [4.69, 9.17) is 15.2 Å². The van der Waals surface area contributed by atoms with Crippen LogP contribution in [-0.2, 0) is 18.3 Å². The van der Waals surface area contributed by atoms with Crippen LogP contribution in [0.1, 0.15) is 22.3 Å². The summed E-state index contributed by atoms with van der Waals surface area (Å²) in [6, 6.07) is 5.42. The molecule has 2 N–H and O–H groups in total. The van der Waals surface area contributed by atoms with E-state index in [1.54, 1.807) is 30.3 Å². The molecule has 0 atom stereocenters. The van der Waals surface area contributed by atoms with Crippen LogP contribution in [0, 0.1) is 0 Å². The van der Waals surface area contributed by atoms with Crippen LogP contribution in [0.25, 0.3) is 33.3 Å². The third kappa shape index (κ3) is 5.07. The Balaban J connectivity index is 1.93. The number of methoxy groups -OCH3 is 2. The van der Waals surface area contributed by atoms with E-state index < -0.39 is 30.3 Å². The Kier molecular flexibility index (Phi) is 7.34. The van der Waals surface area contributed by atoms with Crippen LogP contribution in [-0.4, -0.2) is 52.9 Å². The predicted octanol–water partition coefficient (Wildman–Crippen LogP) is 4.40. The Morgan fingerprint density at radius 3 is 2.41 bits per heavy atom. The summed E-state index contributed by atoms with van der Waals surface area (Å²) in [5.74, 6) is -1.77. The number of hydrogen-bond acceptors (Lipinski definition) is 6. The topological polar surface area (TPSA) is 106 Å². The number of primary amides is 1. The molecule has 0 unspecified atom stereocenters. The number of rotatable bonds is 10. The van der Waals surface area contributed by atoms with Gasteiger partial charge in [0.2, 0.25) is 0 Å². The van der Waals surface area contributed by atoms with Gasteiger partial charge in [-0.15, -0.1) is 0 Å². The van der Waals surface area contributed by atoms with Crippen molar-refractivity contribution < 1.29 is 36.6 Å². The number of hydrogen-bond donors (Lipinski definition) is 1. The minimum Gasteiger partial charge on any atom is -0.496 e. The highest BCUT2D eigenvalue weighted by Gasteiger charge is 2.26. The molecule has 9 nitrogen and oxygen atoms in total. The Labute approximate surface area is 208 Å². The van der Waals surface area contributed by atoms with Crippen molar-refractivity contribution in [2.75, 3.05) is 20.8 Å². The lowest BCUT2D eigenvalue weighted by atomic mass is 9.97. The molecule has 0 fully saturated rings. The first kappa shape index (κ1) is 25.9. The zero-order valence-corrected chi connectivity index (χ0v) is 20.0. The lowest BCUT2D eigenvalue weighted by Gasteiger charge is -2.15. The van der Waals surface area contributed by atoms with Crippen LogP contribution in [0.2, 0.25) is 0 Å². The molecule has 2 heterocycles. The summed E-state index contributed by atoms with van der Waals surface area (Å²) in [6.45, 7) is -2.35. The van der Waals surface area contributed by atoms with Crippen molar-refractivity contribution in [3.8, 4) is 33.9 Å². The van der Waals surface area contributed by atoms with Gasteiger partial charge in [0.15, 0.2) is 0 Å². The summed E-state index contributed by atoms with van der Waals surface area (Å²) in [6.07, 6.45) is 0.371. The molecule has 0 radical (unpaired) electrons. The molecule has 0 aliphatic heterocycles. The SMILES string of the molecule is COCCn1cc(-c2cc(C(F)F)c3c(-c4cc(OC)c(C(N)=O)c(OC(F)F)c4)n(C)nc3c2)cn1. The van der Waals surface area contributed by atoms with Crippen LogP contribution in [0.5, 0.6) is 11.5 Å². The number of fused-ring (bicyclic) bond motifs is 1. The molecule has 4 rings (SSSR count). The number of carbonyl (C=O) groups is 1. The molecule has 196 valence electrons. The van der Waals surface area contributed by atoms with E-state index in [1.165, 1.54) is 31.0 Å². The van der Waals surface area contributed by atoms with Crippen LogP contribution in [0.3, 0.4) is 0 Å². The lowest BCUT2D eigenvalue weighted by Crippen LogP contribution is -2.16. The van der Waals surface area contributed by atoms with Gasteiger partial charge in [-0.05, 0) is 29.8 Å². The van der Waals surface area contributed by atoms with E-state index in [0.29, 0.717) is 24.3 Å². The van der Waals surface area contributed by atoms with E-state index in [1.807, 2.05) is 0 Å². The van der Waals surface area contributed by atoms with E-state index in [0.717, 1.165) is 6.07 Å². The van der Waals surface area contributed by atoms with Gasteiger partial charge in [0.05, 0.1) is 37.7 Å². The van der Waals surface area contributed by atoms with Crippen LogP contribution >= 0.6 is 0 Å². The fourth-order valence-corrected chi connectivity index (χ4v) is 4.17. The molecular formula is C24H23F4N5O4. The van der Waals surface area contributed by atoms with Crippen molar-refractivity contribution >= 4 is 16.8 Å². The first-order chi connectivity index (χ1) is 17.6. The molecule has 2 aromatic heterocycles. The molecule has 0 spiro atoms. The number of aryl methyl sites for hydroxylation is 1. The third-order valence-corrected chi connectivity index (χ3v) is 5.71. The molecule has 4 aromatic rings. The Hall–Kier alpha value is -4.13. The van der Waals surface area contributed by atoms with Crippen LogP contribution in [0.4, 0.5) is 17.6 Å². The summed E-state index contributed by atoms with van der Waals surface area (Å²) in [5.41, 5.74) is 6.27. The Morgan fingerprint density at radius 2 is 1.78 bits per heavy atom. The number of ether oxygens (including phenoxy) is 3. The first-order valence-electron chi connectivity index (χ1n) is 10.9. The van der Waals surface area contributed by atoms with Crippen molar-refractivity contribution in [2.45, 2.75) is 19.6 Å². The molecule has 0 bridgehead atoms. The smallest absolute Gasteiger partial charge is 0.387 e. The van der Waals surface area contributed by atoms with Gasteiger partial charge in [-0.2, -0.15) is 19.0 Å². The standard InChI is InChI=1S/C24H23F4N5O4/c1-32-21(13-8-17(36-3)20(23(29)34)18(9-13)37-24(27)28)19-15(22(25)26)6-12(7-16(19)31-32)14-10-30-33(11-14)4-5-35-2/h6-11,22,24H,4-5H2,1-3H3,(H2,29,34). The van der Waals surface area contributed by atoms with Gasteiger partial charge in [0.25, 0.3) is 12.3 Å². The van der Waals surface area contributed by atoms with Gasteiger partial charge in [0.1, 0.15) is 17.1 Å². The maximum atomic E-state index is 14.4. The second-order valence-electron chi connectivity index (χ2n) is 8.01. The normalized spacial score (nSPS) is 11.6. The number of nitrogens with two attached hydrogens (primary N) is 1. The number of halogens is 4. The third-order valence-electron chi connectivity index (χ3n) is 5.71. The molecule has 0 saturated heterocycles. The fourth-order valence-electron chi connectivity index (χ4n) is 4.17. The van der Waals surface area contributed by atoms with Crippen molar-refractivity contribution in [2.24, 2.45) is 12.8 Å². The molecule has 0 aliphatic carbocycles. The summed E-state index contributed by atoms with van der Waals surface area (Å²) in [5, 5.41) is 8.72. The monoisotopic (exact) mass is 521 g/mol. The largest absolute Gasteiger partial charge is 0.496 e. The Bertz CT molecular complexity index is 1450. The summed E-state index contributed by atoms with van der Waals surface area (Å²) in [7, 11) is 4.30. The lowest BCUT2D eigenvalue weighted by molar-refractivity contribution is -0.0502. The molecule has 0 saturated carbocycles. The number of nitrogens with zero attached hydrogens (tertiary/aromatic N) is 4. The summed E-state index contributed by atoms with van der Waals surface area (Å²) < 4.78 is 72.6. The fraction of sp³-hybridized carbons (Fsp3) is 0.292. The minimum atomic E-state index is -3.27. The highest BCUT2D eigenvalue weighted by atomic mass is 19.3. The second kappa shape index (κ2) is 10.5. The van der Waals surface area contributed by atoms with Gasteiger partial charge < -0.3 is 19.9 Å². The van der Waals surface area contributed by atoms with E-state index in [2.05, 4.69) is 14.9 Å². The van der Waals surface area contributed by atoms with Gasteiger partial charge in [-0.25, -0.2) is 8.78 Å². The van der Waals surface area contributed by atoms with E-state index in [-0.39, 0.29) is 33.5 Å². The number of alkyl halides is 4. The van der Waals surface area contributed by atoms with Crippen molar-refractivity contribution in [3.05, 3.63) is 47.8 Å². The number of carbonyl (C=O) groups excluding carboxylic acids is 1. The molecule has 37 heavy (non-hydrogen) atoms. The molecular weight excluding hydrogens is 498 g/mol. The average molecular weight is 521 g/mol.